The third kappa shape index (κ3) is 4.72. The van der Waals surface area contributed by atoms with E-state index in [4.69, 9.17) is 4.84 Å². The molecule has 1 fully saturated rings. The number of ether oxygens (including phenoxy) is 1. The second-order valence-corrected chi connectivity index (χ2v) is 8.30. The molecular formula is C17H17N5O8S2. The highest BCUT2D eigenvalue weighted by Gasteiger charge is 2.54. The molecule has 1 aromatic heterocycles. The van der Waals surface area contributed by atoms with Crippen molar-refractivity contribution in [3.63, 3.8) is 0 Å². The summed E-state index contributed by atoms with van der Waals surface area (Å²) < 4.78 is 4.48. The van der Waals surface area contributed by atoms with Crippen molar-refractivity contribution in [3.8, 4) is 0 Å². The highest BCUT2D eigenvalue weighted by Crippen LogP contribution is 2.40. The van der Waals surface area contributed by atoms with Crippen LogP contribution in [0.15, 0.2) is 21.8 Å². The minimum Gasteiger partial charge on any atom is -0.477 e. The van der Waals surface area contributed by atoms with E-state index in [0.717, 1.165) is 16.2 Å². The molecule has 3 heterocycles. The van der Waals surface area contributed by atoms with E-state index in [1.54, 1.807) is 6.92 Å². The lowest BCUT2D eigenvalue weighted by molar-refractivity contribution is -0.150. The Balaban J connectivity index is 1.76. The van der Waals surface area contributed by atoms with Gasteiger partial charge < -0.3 is 25.3 Å². The van der Waals surface area contributed by atoms with Crippen LogP contribution in [0.5, 0.6) is 0 Å². The first-order chi connectivity index (χ1) is 15.4. The number of hydrogen-bond acceptors (Lipinski definition) is 11. The molecule has 170 valence electrons. The van der Waals surface area contributed by atoms with Gasteiger partial charge in [-0.25, -0.2) is 9.78 Å². The SMILES string of the molecule is CC1=C(C(=O)O)N2C(=O)C(NC(=O)C(=NOCCOC=O)c3csc(NC=O)n3)[C@H]2SC1. The molecule has 3 amide bonds. The number of thiazole rings is 1. The highest BCUT2D eigenvalue weighted by atomic mass is 32.2. The quantitative estimate of drug-likeness (QED) is 0.121. The molecule has 2 aliphatic rings. The molecule has 0 saturated carbocycles. The first-order valence-corrected chi connectivity index (χ1v) is 10.9. The number of rotatable bonds is 11. The maximum absolute atomic E-state index is 12.9. The Morgan fingerprint density at radius 2 is 2.19 bits per heavy atom. The van der Waals surface area contributed by atoms with Crippen LogP contribution in [0.4, 0.5) is 5.13 Å². The van der Waals surface area contributed by atoms with Crippen molar-refractivity contribution in [2.45, 2.75) is 18.3 Å². The van der Waals surface area contributed by atoms with Gasteiger partial charge in [-0.05, 0) is 12.5 Å². The van der Waals surface area contributed by atoms with Gasteiger partial charge >= 0.3 is 5.97 Å². The van der Waals surface area contributed by atoms with Gasteiger partial charge in [-0.15, -0.1) is 23.1 Å². The number of carboxylic acid groups (broad SMARTS) is 1. The van der Waals surface area contributed by atoms with E-state index >= 15 is 0 Å². The van der Waals surface area contributed by atoms with Crippen molar-refractivity contribution in [1.29, 1.82) is 0 Å². The maximum Gasteiger partial charge on any atom is 0.352 e. The first-order valence-electron chi connectivity index (χ1n) is 8.99. The third-order valence-electron chi connectivity index (χ3n) is 4.31. The van der Waals surface area contributed by atoms with Crippen molar-refractivity contribution < 1.29 is 38.7 Å². The summed E-state index contributed by atoms with van der Waals surface area (Å²) in [6.07, 6.45) is 0.421. The summed E-state index contributed by atoms with van der Waals surface area (Å²) in [5, 5.41) is 19.1. The summed E-state index contributed by atoms with van der Waals surface area (Å²) in [6.45, 7) is 1.63. The Labute approximate surface area is 188 Å². The Hall–Kier alpha value is -3.46. The van der Waals surface area contributed by atoms with Crippen LogP contribution in [0, 0.1) is 0 Å². The fourth-order valence-electron chi connectivity index (χ4n) is 2.93. The molecule has 0 aromatic carbocycles. The lowest BCUT2D eigenvalue weighted by Crippen LogP contribution is -2.71. The second kappa shape index (κ2) is 10.2. The van der Waals surface area contributed by atoms with E-state index in [1.807, 2.05) is 0 Å². The van der Waals surface area contributed by atoms with Gasteiger partial charge in [-0.3, -0.25) is 24.1 Å². The van der Waals surface area contributed by atoms with Crippen LogP contribution in [0.3, 0.4) is 0 Å². The molecule has 0 bridgehead atoms. The van der Waals surface area contributed by atoms with Crippen molar-refractivity contribution >= 4 is 64.6 Å². The number of hydrogen-bond donors (Lipinski definition) is 3. The fourth-order valence-corrected chi connectivity index (χ4v) is 4.88. The molecule has 3 N–H and O–H groups in total. The van der Waals surface area contributed by atoms with Gasteiger partial charge in [0.25, 0.3) is 18.3 Å². The Morgan fingerprint density at radius 3 is 2.88 bits per heavy atom. The number of nitrogens with one attached hydrogen (secondary N) is 2. The van der Waals surface area contributed by atoms with Gasteiger partial charge in [0, 0.05) is 11.1 Å². The summed E-state index contributed by atoms with van der Waals surface area (Å²) in [6, 6.07) is -0.968. The average molecular weight is 483 g/mol. The zero-order valence-corrected chi connectivity index (χ0v) is 18.1. The second-order valence-electron chi connectivity index (χ2n) is 6.34. The van der Waals surface area contributed by atoms with E-state index < -0.39 is 29.2 Å². The van der Waals surface area contributed by atoms with Crippen molar-refractivity contribution in [2.24, 2.45) is 5.16 Å². The lowest BCUT2D eigenvalue weighted by Gasteiger charge is -2.49. The van der Waals surface area contributed by atoms with Crippen molar-refractivity contribution in [3.05, 3.63) is 22.3 Å². The number of aromatic nitrogens is 1. The van der Waals surface area contributed by atoms with E-state index in [-0.39, 0.29) is 41.9 Å². The number of nitrogens with zero attached hydrogens (tertiary/aromatic N) is 3. The molecule has 2 atom stereocenters. The zero-order chi connectivity index (χ0) is 23.3. The lowest BCUT2D eigenvalue weighted by atomic mass is 10.0. The molecular weight excluding hydrogens is 466 g/mol. The minimum absolute atomic E-state index is 0.0787. The number of fused-ring (bicyclic) bond motifs is 1. The van der Waals surface area contributed by atoms with E-state index in [9.17, 15) is 29.1 Å². The number of thioether (sulfide) groups is 1. The molecule has 1 saturated heterocycles. The number of oxime groups is 1. The van der Waals surface area contributed by atoms with Crippen LogP contribution < -0.4 is 10.6 Å². The standard InChI is InChI=1S/C17H17N5O8S2/c1-8-4-31-15-11(14(26)22(15)12(8)16(27)28)20-13(25)10(21-30-3-2-29-7-24)9-5-32-17(19-9)18-6-23/h5-7,11,15H,2-4H2,1H3,(H,20,25)(H,27,28)(H,18,19,23)/t11?,15-/m1/s1. The number of anilines is 1. The predicted molar refractivity (Wildman–Crippen MR) is 112 cm³/mol. The largest absolute Gasteiger partial charge is 0.477 e. The number of carbonyl (C=O) groups is 5. The Bertz CT molecular complexity index is 1010. The maximum atomic E-state index is 12.9. The molecule has 32 heavy (non-hydrogen) atoms. The van der Waals surface area contributed by atoms with Crippen LogP contribution in [0.25, 0.3) is 0 Å². The van der Waals surface area contributed by atoms with Crippen LogP contribution in [-0.2, 0) is 33.5 Å². The highest BCUT2D eigenvalue weighted by molar-refractivity contribution is 8.00. The number of β-lactam (4-membered cyclic amide) rings is 1. The minimum atomic E-state index is -1.21. The van der Waals surface area contributed by atoms with E-state index in [1.165, 1.54) is 17.1 Å². The molecule has 1 aromatic rings. The molecule has 2 aliphatic heterocycles. The normalized spacial score (nSPS) is 20.1. The number of carboxylic acids is 1. The molecule has 0 spiro atoms. The average Bonchev–Trinajstić information content (AvgIpc) is 3.22. The molecule has 1 unspecified atom stereocenters. The van der Waals surface area contributed by atoms with Gasteiger partial charge in [0.05, 0.1) is 0 Å². The molecule has 13 nitrogen and oxygen atoms in total. The summed E-state index contributed by atoms with van der Waals surface area (Å²) in [4.78, 5) is 68.0. The summed E-state index contributed by atoms with van der Waals surface area (Å²) in [5.74, 6) is -2.16. The van der Waals surface area contributed by atoms with Crippen LogP contribution in [0.2, 0.25) is 0 Å². The number of aliphatic carboxylic acids is 1. The van der Waals surface area contributed by atoms with Crippen LogP contribution in [0.1, 0.15) is 12.6 Å². The Morgan fingerprint density at radius 1 is 1.41 bits per heavy atom. The third-order valence-corrected chi connectivity index (χ3v) is 6.51. The van der Waals surface area contributed by atoms with Crippen LogP contribution in [-0.4, -0.2) is 81.8 Å². The molecule has 15 heteroatoms. The van der Waals surface area contributed by atoms with E-state index in [2.05, 4.69) is 25.5 Å². The van der Waals surface area contributed by atoms with Gasteiger partial charge in [0.2, 0.25) is 6.41 Å². The van der Waals surface area contributed by atoms with Crippen molar-refractivity contribution in [2.75, 3.05) is 24.3 Å². The summed E-state index contributed by atoms with van der Waals surface area (Å²) in [5.41, 5.74) is 0.280. The van der Waals surface area contributed by atoms with Gasteiger partial charge in [-0.2, -0.15) is 0 Å². The van der Waals surface area contributed by atoms with E-state index in [0.29, 0.717) is 17.7 Å². The molecule has 3 rings (SSSR count). The Kier molecular flexibility index (Phi) is 7.42. The van der Waals surface area contributed by atoms with Crippen molar-refractivity contribution in [1.82, 2.24) is 15.2 Å². The number of carbonyl (C=O) groups excluding carboxylic acids is 4. The topological polar surface area (TPSA) is 177 Å². The predicted octanol–water partition coefficient (Wildman–Crippen LogP) is -0.636. The fraction of sp³-hybridized carbons (Fsp3) is 0.353. The monoisotopic (exact) mass is 483 g/mol. The molecule has 0 aliphatic carbocycles. The summed E-state index contributed by atoms with van der Waals surface area (Å²) >= 11 is 2.36. The molecule has 0 radical (unpaired) electrons. The van der Waals surface area contributed by atoms with Crippen LogP contribution >= 0.6 is 23.1 Å². The first kappa shape index (κ1) is 23.2. The summed E-state index contributed by atoms with van der Waals surface area (Å²) in [7, 11) is 0. The zero-order valence-electron chi connectivity index (χ0n) is 16.5. The van der Waals surface area contributed by atoms with Gasteiger partial charge in [0.1, 0.15) is 29.4 Å². The number of amides is 3. The van der Waals surface area contributed by atoms with Gasteiger partial charge in [-0.1, -0.05) is 5.16 Å². The van der Waals surface area contributed by atoms with Gasteiger partial charge in [0.15, 0.2) is 17.5 Å². The smallest absolute Gasteiger partial charge is 0.352 e.